The van der Waals surface area contributed by atoms with E-state index in [1.165, 1.54) is 0 Å². The topological polar surface area (TPSA) is 87.7 Å². The van der Waals surface area contributed by atoms with Crippen LogP contribution in [0.15, 0.2) is 89.0 Å². The van der Waals surface area contributed by atoms with Gasteiger partial charge in [0.15, 0.2) is 0 Å². The van der Waals surface area contributed by atoms with E-state index in [0.717, 1.165) is 34.3 Å². The molecule has 3 heterocycles. The van der Waals surface area contributed by atoms with Crippen LogP contribution in [-0.2, 0) is 12.0 Å². The van der Waals surface area contributed by atoms with Gasteiger partial charge in [0, 0.05) is 41.2 Å². The number of rotatable bonds is 7. The molecule has 1 aliphatic heterocycles. The Balaban J connectivity index is 1.63. The molecule has 38 heavy (non-hydrogen) atoms. The Bertz CT molecular complexity index is 1470. The molecule has 0 spiro atoms. The first-order valence-electron chi connectivity index (χ1n) is 12.9. The van der Waals surface area contributed by atoms with Crippen LogP contribution in [0, 0.1) is 5.92 Å². The van der Waals surface area contributed by atoms with Gasteiger partial charge in [-0.1, -0.05) is 74.5 Å². The lowest BCUT2D eigenvalue weighted by Gasteiger charge is -2.30. The fourth-order valence-corrected chi connectivity index (χ4v) is 5.05. The monoisotopic (exact) mass is 508 g/mol. The van der Waals surface area contributed by atoms with Gasteiger partial charge < -0.3 is 14.2 Å². The number of methoxy groups -OCH3 is 1. The average Bonchev–Trinajstić information content (AvgIpc) is 3.35. The number of aryl methyl sites for hydroxylation is 1. The zero-order valence-corrected chi connectivity index (χ0v) is 21.9. The molecule has 5 rings (SSSR count). The van der Waals surface area contributed by atoms with Crippen molar-refractivity contribution in [1.29, 1.82) is 0 Å². The van der Waals surface area contributed by atoms with Crippen molar-refractivity contribution in [3.8, 4) is 5.75 Å². The van der Waals surface area contributed by atoms with Crippen molar-refractivity contribution in [1.82, 2.24) is 9.72 Å². The zero-order valence-electron chi connectivity index (χ0n) is 21.9. The maximum atomic E-state index is 13.3. The number of hydrogen-bond donors (Lipinski definition) is 2. The predicted octanol–water partition coefficient (Wildman–Crippen LogP) is 4.99. The summed E-state index contributed by atoms with van der Waals surface area (Å²) in [7, 11) is 1.54. The van der Waals surface area contributed by atoms with E-state index in [-0.39, 0.29) is 5.91 Å². The fraction of sp³-hybridized carbons (Fsp3) is 0.258. The average molecular weight is 509 g/mol. The number of benzene rings is 2. The largest absolute Gasteiger partial charge is 0.496 e. The number of carbonyl (C=O) groups is 1. The number of ether oxygens (including phenoxy) is 1. The number of aromatic nitrogens is 1. The summed E-state index contributed by atoms with van der Waals surface area (Å²) in [5.41, 5.74) is 2.96. The molecule has 2 aromatic carbocycles. The van der Waals surface area contributed by atoms with Crippen molar-refractivity contribution in [2.24, 2.45) is 15.9 Å². The van der Waals surface area contributed by atoms with Gasteiger partial charge in [-0.2, -0.15) is 0 Å². The van der Waals surface area contributed by atoms with Crippen LogP contribution >= 0.6 is 0 Å². The van der Waals surface area contributed by atoms with E-state index in [0.29, 0.717) is 36.2 Å². The molecule has 1 atom stereocenters. The van der Waals surface area contributed by atoms with Crippen LogP contribution in [-0.4, -0.2) is 41.2 Å². The van der Waals surface area contributed by atoms with Crippen LogP contribution in [0.5, 0.6) is 5.75 Å². The lowest BCUT2D eigenvalue weighted by molar-refractivity contribution is 0.0973. The Morgan fingerprint density at radius 3 is 2.26 bits per heavy atom. The summed E-state index contributed by atoms with van der Waals surface area (Å²) in [6, 6.07) is 23.1. The summed E-state index contributed by atoms with van der Waals surface area (Å²) in [5, 5.41) is 15.3. The highest BCUT2D eigenvalue weighted by atomic mass is 16.5. The van der Waals surface area contributed by atoms with E-state index in [2.05, 4.69) is 22.2 Å². The van der Waals surface area contributed by atoms with Gasteiger partial charge in [-0.25, -0.2) is 4.99 Å². The maximum absolute atomic E-state index is 13.3. The lowest BCUT2D eigenvalue weighted by atomic mass is 9.80. The molecule has 1 unspecified atom stereocenters. The second kappa shape index (κ2) is 10.6. The molecule has 1 amide bonds. The number of nitrogens with one attached hydrogen (secondary N) is 1. The van der Waals surface area contributed by atoms with Gasteiger partial charge >= 0.3 is 0 Å². The zero-order chi connectivity index (χ0) is 26.7. The second-order valence-corrected chi connectivity index (χ2v) is 9.42. The number of amides is 1. The number of fused-ring (bicyclic) bond motifs is 1. The van der Waals surface area contributed by atoms with Gasteiger partial charge in [0.05, 0.1) is 19.2 Å². The smallest absolute Gasteiger partial charge is 0.263 e. The number of aliphatic imine (C=N–C) groups is 2. The van der Waals surface area contributed by atoms with E-state index >= 15 is 0 Å². The van der Waals surface area contributed by atoms with Gasteiger partial charge in [0.1, 0.15) is 11.4 Å². The van der Waals surface area contributed by atoms with Gasteiger partial charge in [0.25, 0.3) is 5.91 Å². The summed E-state index contributed by atoms with van der Waals surface area (Å²) < 4.78 is 7.58. The van der Waals surface area contributed by atoms with E-state index in [1.54, 1.807) is 13.3 Å². The van der Waals surface area contributed by atoms with Crippen LogP contribution < -0.4 is 10.1 Å². The molecule has 0 saturated carbocycles. The van der Waals surface area contributed by atoms with Gasteiger partial charge in [-0.05, 0) is 30.0 Å². The molecule has 0 aliphatic carbocycles. The van der Waals surface area contributed by atoms with Crippen LogP contribution in [0.2, 0.25) is 0 Å². The third kappa shape index (κ3) is 4.50. The summed E-state index contributed by atoms with van der Waals surface area (Å²) >= 11 is 0. The minimum atomic E-state index is -1.39. The molecule has 7 nitrogen and oxygen atoms in total. The Kier molecular flexibility index (Phi) is 7.11. The molecule has 4 aromatic rings. The molecule has 7 heteroatoms. The molecule has 0 bridgehead atoms. The van der Waals surface area contributed by atoms with E-state index in [4.69, 9.17) is 4.74 Å². The van der Waals surface area contributed by atoms with Crippen LogP contribution in [0.25, 0.3) is 5.52 Å². The third-order valence-corrected chi connectivity index (χ3v) is 7.18. The predicted molar refractivity (Wildman–Crippen MR) is 150 cm³/mol. The summed E-state index contributed by atoms with van der Waals surface area (Å²) in [6.45, 7) is 4.73. The molecule has 0 fully saturated rings. The Labute approximate surface area is 222 Å². The highest BCUT2D eigenvalue weighted by Crippen LogP contribution is 2.40. The highest BCUT2D eigenvalue weighted by molar-refractivity contribution is 6.09. The van der Waals surface area contributed by atoms with Gasteiger partial charge in [-0.3, -0.25) is 15.1 Å². The molecular formula is C31H32N4O3. The fourth-order valence-electron chi connectivity index (χ4n) is 5.05. The van der Waals surface area contributed by atoms with Gasteiger partial charge in [-0.15, -0.1) is 0 Å². The first-order valence-corrected chi connectivity index (χ1v) is 12.9. The number of hydrogen-bond acceptors (Lipinski definition) is 5. The summed E-state index contributed by atoms with van der Waals surface area (Å²) in [5.74, 6) is 0.665. The van der Waals surface area contributed by atoms with Gasteiger partial charge in [0.2, 0.25) is 5.96 Å². The van der Waals surface area contributed by atoms with E-state index < -0.39 is 5.60 Å². The maximum Gasteiger partial charge on any atom is 0.263 e. The second-order valence-electron chi connectivity index (χ2n) is 9.42. The van der Waals surface area contributed by atoms with Crippen LogP contribution in [0.3, 0.4) is 0 Å². The molecule has 194 valence electrons. The molecule has 1 aliphatic rings. The van der Waals surface area contributed by atoms with E-state index in [9.17, 15) is 9.90 Å². The Morgan fingerprint density at radius 1 is 1.08 bits per heavy atom. The van der Waals surface area contributed by atoms with Crippen LogP contribution in [0.4, 0.5) is 0 Å². The van der Waals surface area contributed by atoms with Crippen molar-refractivity contribution in [2.45, 2.75) is 32.3 Å². The number of carbonyl (C=O) groups excluding carboxylic acids is 1. The van der Waals surface area contributed by atoms with Crippen molar-refractivity contribution in [3.63, 3.8) is 0 Å². The van der Waals surface area contributed by atoms with Crippen molar-refractivity contribution in [2.75, 3.05) is 13.7 Å². The number of aliphatic hydroxyl groups is 1. The first-order chi connectivity index (χ1) is 18.5. The standard InChI is InChI=1S/C31H32N4O3/c1-4-21-18-32-30(33-19-21)34-29(36)25-20-35-24(17-28(25)38-3)16-26(27(35)5-2)31(37,22-12-8-6-9-13-22)23-14-10-7-11-15-23/h6-18,20-21,37H,4-5,19H2,1-3H3,(H,33,34,36). The molecular weight excluding hydrogens is 476 g/mol. The van der Waals surface area contributed by atoms with Crippen LogP contribution in [0.1, 0.15) is 53.0 Å². The molecule has 0 radical (unpaired) electrons. The minimum Gasteiger partial charge on any atom is -0.496 e. The molecule has 0 saturated heterocycles. The van der Waals surface area contributed by atoms with Crippen molar-refractivity contribution in [3.05, 3.63) is 107 Å². The molecule has 2 N–H and O–H groups in total. The molecule has 2 aromatic heterocycles. The minimum absolute atomic E-state index is 0.292. The van der Waals surface area contributed by atoms with Crippen molar-refractivity contribution < 1.29 is 14.6 Å². The highest BCUT2D eigenvalue weighted by Gasteiger charge is 2.37. The number of guanidine groups is 1. The van der Waals surface area contributed by atoms with Crippen molar-refractivity contribution >= 4 is 23.6 Å². The third-order valence-electron chi connectivity index (χ3n) is 7.18. The Morgan fingerprint density at radius 2 is 1.74 bits per heavy atom. The number of pyridine rings is 1. The summed E-state index contributed by atoms with van der Waals surface area (Å²) in [6.07, 6.45) is 5.19. The first kappa shape index (κ1) is 25.4. The quantitative estimate of drug-likeness (QED) is 0.369. The lowest BCUT2D eigenvalue weighted by Crippen LogP contribution is -2.32. The normalized spacial score (nSPS) is 15.4. The Hall–Kier alpha value is -4.23. The SMILES string of the molecule is CCc1c(C(O)(c2ccccc2)c2ccccc2)cc2cc(OC)c(C(=O)NC3=NCC(CC)C=N3)cn12. The summed E-state index contributed by atoms with van der Waals surface area (Å²) in [4.78, 5) is 22.0. The number of nitrogens with zero attached hydrogens (tertiary/aromatic N) is 3. The van der Waals surface area contributed by atoms with E-state index in [1.807, 2.05) is 90.3 Å².